The van der Waals surface area contributed by atoms with Gasteiger partial charge in [0.25, 0.3) is 0 Å². The summed E-state index contributed by atoms with van der Waals surface area (Å²) in [5, 5.41) is 3.12. The summed E-state index contributed by atoms with van der Waals surface area (Å²) in [5.74, 6) is 1.57. The molecule has 0 atom stereocenters. The number of nitrogens with zero attached hydrogens (tertiary/aromatic N) is 2. The van der Waals surface area contributed by atoms with E-state index in [1.807, 2.05) is 13.1 Å². The molecule has 0 aromatic carbocycles. The molecule has 1 aliphatic heterocycles. The zero-order valence-electron chi connectivity index (χ0n) is 12.8. The van der Waals surface area contributed by atoms with Gasteiger partial charge in [0, 0.05) is 43.6 Å². The van der Waals surface area contributed by atoms with Crippen molar-refractivity contribution in [2.45, 2.75) is 39.0 Å². The monoisotopic (exact) mass is 287 g/mol. The number of piperidine rings is 1. The lowest BCUT2D eigenvalue weighted by atomic mass is 9.96. The average molecular weight is 287 g/mol. The van der Waals surface area contributed by atoms with Crippen LogP contribution in [0.3, 0.4) is 0 Å². The van der Waals surface area contributed by atoms with Gasteiger partial charge in [-0.1, -0.05) is 0 Å². The highest BCUT2D eigenvalue weighted by atomic mass is 16.1. The number of anilines is 1. The van der Waals surface area contributed by atoms with Crippen molar-refractivity contribution < 1.29 is 4.79 Å². The van der Waals surface area contributed by atoms with Crippen molar-refractivity contribution in [3.8, 4) is 0 Å². The first-order valence-electron chi connectivity index (χ1n) is 8.15. The molecule has 1 aromatic heterocycles. The highest BCUT2D eigenvalue weighted by Gasteiger charge is 2.25. The number of carbonyl (C=O) groups excluding carboxylic acids is 1. The smallest absolute Gasteiger partial charge is 0.220 e. The van der Waals surface area contributed by atoms with E-state index in [1.165, 1.54) is 18.5 Å². The lowest BCUT2D eigenvalue weighted by molar-refractivity contribution is -0.121. The normalized spacial score (nSPS) is 19.6. The Labute approximate surface area is 126 Å². The summed E-state index contributed by atoms with van der Waals surface area (Å²) in [6, 6.07) is 4.24. The summed E-state index contributed by atoms with van der Waals surface area (Å²) in [5.41, 5.74) is 2.35. The zero-order chi connectivity index (χ0) is 14.7. The Morgan fingerprint density at radius 3 is 2.71 bits per heavy atom. The van der Waals surface area contributed by atoms with Crippen LogP contribution in [0.15, 0.2) is 18.3 Å². The summed E-state index contributed by atoms with van der Waals surface area (Å²) in [6.45, 7) is 5.04. The van der Waals surface area contributed by atoms with Crippen LogP contribution < -0.4 is 10.2 Å². The highest BCUT2D eigenvalue weighted by molar-refractivity contribution is 5.76. The van der Waals surface area contributed by atoms with Crippen molar-refractivity contribution in [1.29, 1.82) is 0 Å². The second-order valence-corrected chi connectivity index (χ2v) is 6.54. The molecule has 1 amide bonds. The average Bonchev–Trinajstić information content (AvgIpc) is 3.30. The number of amides is 1. The van der Waals surface area contributed by atoms with Crippen molar-refractivity contribution in [2.24, 2.45) is 11.8 Å². The van der Waals surface area contributed by atoms with E-state index in [9.17, 15) is 4.79 Å². The van der Waals surface area contributed by atoms with Crippen LogP contribution >= 0.6 is 0 Å². The van der Waals surface area contributed by atoms with Crippen molar-refractivity contribution in [1.82, 2.24) is 10.3 Å². The lowest BCUT2D eigenvalue weighted by Gasteiger charge is -2.33. The summed E-state index contributed by atoms with van der Waals surface area (Å²) in [4.78, 5) is 18.4. The van der Waals surface area contributed by atoms with Crippen molar-refractivity contribution >= 4 is 11.6 Å². The SMILES string of the molecule is Cc1cc(N2CCC(CNC(=O)CC3CC3)CC2)ccn1. The van der Waals surface area contributed by atoms with E-state index in [4.69, 9.17) is 0 Å². The number of carbonyl (C=O) groups is 1. The fraction of sp³-hybridized carbons (Fsp3) is 0.647. The van der Waals surface area contributed by atoms with Gasteiger partial charge in [-0.05, 0) is 56.6 Å². The number of rotatable bonds is 5. The van der Waals surface area contributed by atoms with Gasteiger partial charge >= 0.3 is 0 Å². The van der Waals surface area contributed by atoms with Crippen LogP contribution in [0.25, 0.3) is 0 Å². The molecular weight excluding hydrogens is 262 g/mol. The third-order valence-electron chi connectivity index (χ3n) is 4.62. The molecule has 1 saturated carbocycles. The molecule has 0 spiro atoms. The predicted octanol–water partition coefficient (Wildman–Crippen LogP) is 2.52. The van der Waals surface area contributed by atoms with Crippen molar-refractivity contribution in [3.63, 3.8) is 0 Å². The molecule has 0 radical (unpaired) electrons. The van der Waals surface area contributed by atoms with Crippen LogP contribution in [-0.4, -0.2) is 30.5 Å². The van der Waals surface area contributed by atoms with Gasteiger partial charge in [0.05, 0.1) is 0 Å². The number of aromatic nitrogens is 1. The fourth-order valence-electron chi connectivity index (χ4n) is 3.04. The largest absolute Gasteiger partial charge is 0.371 e. The van der Waals surface area contributed by atoms with Crippen LogP contribution in [-0.2, 0) is 4.79 Å². The molecule has 1 aliphatic carbocycles. The first kappa shape index (κ1) is 14.4. The Morgan fingerprint density at radius 1 is 1.29 bits per heavy atom. The van der Waals surface area contributed by atoms with E-state index in [0.717, 1.165) is 44.6 Å². The molecule has 0 bridgehead atoms. The lowest BCUT2D eigenvalue weighted by Crippen LogP contribution is -2.38. The second-order valence-electron chi connectivity index (χ2n) is 6.54. The maximum atomic E-state index is 11.7. The Kier molecular flexibility index (Phi) is 4.42. The minimum atomic E-state index is 0.254. The minimum Gasteiger partial charge on any atom is -0.371 e. The van der Waals surface area contributed by atoms with Gasteiger partial charge in [0.15, 0.2) is 0 Å². The van der Waals surface area contributed by atoms with Crippen molar-refractivity contribution in [2.75, 3.05) is 24.5 Å². The molecule has 4 nitrogen and oxygen atoms in total. The van der Waals surface area contributed by atoms with Crippen LogP contribution in [0, 0.1) is 18.8 Å². The van der Waals surface area contributed by atoms with Gasteiger partial charge in [0.1, 0.15) is 0 Å². The Balaban J connectivity index is 1.41. The van der Waals surface area contributed by atoms with Gasteiger partial charge < -0.3 is 10.2 Å². The molecule has 1 N–H and O–H groups in total. The maximum absolute atomic E-state index is 11.7. The summed E-state index contributed by atoms with van der Waals surface area (Å²) in [7, 11) is 0. The molecule has 21 heavy (non-hydrogen) atoms. The van der Waals surface area contributed by atoms with Gasteiger partial charge in [-0.3, -0.25) is 9.78 Å². The quantitative estimate of drug-likeness (QED) is 0.905. The number of aryl methyl sites for hydroxylation is 1. The highest BCUT2D eigenvalue weighted by Crippen LogP contribution is 2.32. The molecule has 1 aromatic rings. The first-order valence-corrected chi connectivity index (χ1v) is 8.15. The molecule has 4 heteroatoms. The third kappa shape index (κ3) is 4.19. The zero-order valence-corrected chi connectivity index (χ0v) is 12.8. The molecule has 3 rings (SSSR count). The van der Waals surface area contributed by atoms with Gasteiger partial charge in [-0.2, -0.15) is 0 Å². The molecule has 2 fully saturated rings. The van der Waals surface area contributed by atoms with E-state index < -0.39 is 0 Å². The summed E-state index contributed by atoms with van der Waals surface area (Å²) in [6.07, 6.45) is 7.44. The maximum Gasteiger partial charge on any atom is 0.220 e. The summed E-state index contributed by atoms with van der Waals surface area (Å²) >= 11 is 0. The van der Waals surface area contributed by atoms with Crippen LogP contribution in [0.2, 0.25) is 0 Å². The summed E-state index contributed by atoms with van der Waals surface area (Å²) < 4.78 is 0. The van der Waals surface area contributed by atoms with E-state index in [0.29, 0.717) is 11.8 Å². The third-order valence-corrected chi connectivity index (χ3v) is 4.62. The number of pyridine rings is 1. The molecule has 114 valence electrons. The van der Waals surface area contributed by atoms with Gasteiger partial charge in [-0.25, -0.2) is 0 Å². The number of hydrogen-bond donors (Lipinski definition) is 1. The first-order chi connectivity index (χ1) is 10.2. The van der Waals surface area contributed by atoms with Gasteiger partial charge in [-0.15, -0.1) is 0 Å². The van der Waals surface area contributed by atoms with E-state index >= 15 is 0 Å². The van der Waals surface area contributed by atoms with Crippen LogP contribution in [0.5, 0.6) is 0 Å². The molecular formula is C17H25N3O. The van der Waals surface area contributed by atoms with Crippen molar-refractivity contribution in [3.05, 3.63) is 24.0 Å². The Morgan fingerprint density at radius 2 is 2.05 bits per heavy atom. The number of nitrogens with one attached hydrogen (secondary N) is 1. The molecule has 0 unspecified atom stereocenters. The molecule has 1 saturated heterocycles. The van der Waals surface area contributed by atoms with Crippen LogP contribution in [0.4, 0.5) is 5.69 Å². The van der Waals surface area contributed by atoms with E-state index in [2.05, 4.69) is 27.3 Å². The minimum absolute atomic E-state index is 0.254. The second kappa shape index (κ2) is 6.46. The topological polar surface area (TPSA) is 45.2 Å². The van der Waals surface area contributed by atoms with E-state index in [-0.39, 0.29) is 5.91 Å². The molecule has 2 aliphatic rings. The fourth-order valence-corrected chi connectivity index (χ4v) is 3.04. The van der Waals surface area contributed by atoms with Crippen LogP contribution in [0.1, 0.15) is 37.8 Å². The standard InChI is InChI=1S/C17H25N3O/c1-13-10-16(4-7-18-13)20-8-5-15(6-9-20)12-19-17(21)11-14-2-3-14/h4,7,10,14-15H,2-3,5-6,8-9,11-12H2,1H3,(H,19,21). The Bertz CT molecular complexity index is 491. The Hall–Kier alpha value is -1.58. The van der Waals surface area contributed by atoms with E-state index in [1.54, 1.807) is 0 Å². The molecule has 2 heterocycles. The number of hydrogen-bond acceptors (Lipinski definition) is 3. The van der Waals surface area contributed by atoms with Gasteiger partial charge in [0.2, 0.25) is 5.91 Å². The predicted molar refractivity (Wildman–Crippen MR) is 84.3 cm³/mol.